The van der Waals surface area contributed by atoms with Crippen LogP contribution in [0.2, 0.25) is 0 Å². The molecule has 26 heavy (non-hydrogen) atoms. The Kier molecular flexibility index (Phi) is 6.84. The topological polar surface area (TPSA) is 83.6 Å². The first-order valence-corrected chi connectivity index (χ1v) is 10.2. The molecule has 0 radical (unpaired) electrons. The molecule has 0 aliphatic heterocycles. The molecule has 0 aliphatic rings. The average molecular weight is 393 g/mol. The molecule has 0 aliphatic carbocycles. The largest absolute Gasteiger partial charge is 0.350 e. The molecule has 1 N–H and O–H groups in total. The molecular weight excluding hydrogens is 372 g/mol. The molecule has 0 bridgehead atoms. The fourth-order valence-corrected chi connectivity index (χ4v) is 4.23. The number of rotatable bonds is 9. The van der Waals surface area contributed by atoms with Crippen molar-refractivity contribution in [2.24, 2.45) is 0 Å². The fourth-order valence-electron chi connectivity index (χ4n) is 2.22. The molecule has 1 aromatic heterocycles. The van der Waals surface area contributed by atoms with Crippen molar-refractivity contribution < 1.29 is 18.0 Å². The number of nitrogens with zero attached hydrogens (tertiary/aromatic N) is 1. The molecule has 8 heteroatoms. The SMILES string of the molecule is C=CCN(CC(=O)NCc1cccs1)S(=O)(=O)c1ccc(C(C)=O)cc1. The Hall–Kier alpha value is -2.29. The van der Waals surface area contributed by atoms with Crippen molar-refractivity contribution in [3.05, 3.63) is 64.9 Å². The quantitative estimate of drug-likeness (QED) is 0.525. The van der Waals surface area contributed by atoms with E-state index in [-0.39, 0.29) is 23.8 Å². The van der Waals surface area contributed by atoms with E-state index in [2.05, 4.69) is 11.9 Å². The minimum atomic E-state index is -3.88. The normalized spacial score (nSPS) is 11.3. The van der Waals surface area contributed by atoms with Gasteiger partial charge in [0.05, 0.1) is 18.0 Å². The van der Waals surface area contributed by atoms with Gasteiger partial charge in [0.15, 0.2) is 5.78 Å². The van der Waals surface area contributed by atoms with Crippen LogP contribution >= 0.6 is 11.3 Å². The van der Waals surface area contributed by atoms with Gasteiger partial charge >= 0.3 is 0 Å². The number of nitrogens with one attached hydrogen (secondary N) is 1. The molecule has 2 aromatic rings. The van der Waals surface area contributed by atoms with Gasteiger partial charge in [0, 0.05) is 17.0 Å². The number of thiophene rings is 1. The first-order valence-electron chi connectivity index (χ1n) is 7.85. The van der Waals surface area contributed by atoms with E-state index in [4.69, 9.17) is 0 Å². The first kappa shape index (κ1) is 20.0. The van der Waals surface area contributed by atoms with E-state index in [1.807, 2.05) is 17.5 Å². The molecule has 0 spiro atoms. The van der Waals surface area contributed by atoms with Gasteiger partial charge in [-0.1, -0.05) is 24.3 Å². The van der Waals surface area contributed by atoms with Gasteiger partial charge in [-0.25, -0.2) is 8.42 Å². The van der Waals surface area contributed by atoms with Crippen molar-refractivity contribution in [3.8, 4) is 0 Å². The molecular formula is C18H20N2O4S2. The van der Waals surface area contributed by atoms with Crippen LogP contribution in [0, 0.1) is 0 Å². The zero-order valence-corrected chi connectivity index (χ0v) is 16.0. The molecule has 0 fully saturated rings. The highest BCUT2D eigenvalue weighted by atomic mass is 32.2. The maximum absolute atomic E-state index is 12.8. The molecule has 138 valence electrons. The summed E-state index contributed by atoms with van der Waals surface area (Å²) >= 11 is 1.51. The molecule has 1 aromatic carbocycles. The Morgan fingerprint density at radius 1 is 1.23 bits per heavy atom. The minimum absolute atomic E-state index is 0.00319. The zero-order chi connectivity index (χ0) is 19.2. The molecule has 2 rings (SSSR count). The lowest BCUT2D eigenvalue weighted by atomic mass is 10.2. The predicted octanol–water partition coefficient (Wildman–Crippen LogP) is 2.44. The van der Waals surface area contributed by atoms with E-state index < -0.39 is 15.9 Å². The van der Waals surface area contributed by atoms with Gasteiger partial charge in [-0.15, -0.1) is 17.9 Å². The number of hydrogen-bond acceptors (Lipinski definition) is 5. The fraction of sp³-hybridized carbons (Fsp3) is 0.222. The van der Waals surface area contributed by atoms with Gasteiger partial charge in [0.25, 0.3) is 0 Å². The second-order valence-electron chi connectivity index (χ2n) is 5.52. The van der Waals surface area contributed by atoms with Crippen LogP contribution in [-0.4, -0.2) is 37.5 Å². The standard InChI is InChI=1S/C18H20N2O4S2/c1-3-10-20(13-18(22)19-12-16-5-4-11-25-16)26(23,24)17-8-6-15(7-9-17)14(2)21/h3-9,11H,1,10,12-13H2,2H3,(H,19,22). The van der Waals surface area contributed by atoms with E-state index in [0.717, 1.165) is 9.18 Å². The summed E-state index contributed by atoms with van der Waals surface area (Å²) in [7, 11) is -3.88. The molecule has 1 heterocycles. The third-order valence-corrected chi connectivity index (χ3v) is 6.29. The van der Waals surface area contributed by atoms with Gasteiger partial charge in [-0.05, 0) is 30.5 Å². The van der Waals surface area contributed by atoms with Gasteiger partial charge in [-0.2, -0.15) is 4.31 Å². The maximum Gasteiger partial charge on any atom is 0.243 e. The summed E-state index contributed by atoms with van der Waals surface area (Å²) in [4.78, 5) is 24.5. The van der Waals surface area contributed by atoms with Crippen molar-refractivity contribution in [3.63, 3.8) is 0 Å². The number of Topliss-reactive ketones (excluding diaryl/α,β-unsaturated/α-hetero) is 1. The van der Waals surface area contributed by atoms with E-state index in [9.17, 15) is 18.0 Å². The number of ketones is 1. The van der Waals surface area contributed by atoms with E-state index in [0.29, 0.717) is 12.1 Å². The number of benzene rings is 1. The summed E-state index contributed by atoms with van der Waals surface area (Å²) in [5, 5.41) is 4.61. The van der Waals surface area contributed by atoms with Gasteiger partial charge in [0.2, 0.25) is 15.9 Å². The van der Waals surface area contributed by atoms with Crippen LogP contribution in [0.25, 0.3) is 0 Å². The van der Waals surface area contributed by atoms with Crippen LogP contribution in [0.5, 0.6) is 0 Å². The minimum Gasteiger partial charge on any atom is -0.350 e. The second-order valence-corrected chi connectivity index (χ2v) is 8.49. The number of amides is 1. The first-order chi connectivity index (χ1) is 12.3. The lowest BCUT2D eigenvalue weighted by Crippen LogP contribution is -2.40. The van der Waals surface area contributed by atoms with Crippen LogP contribution < -0.4 is 5.32 Å². The zero-order valence-electron chi connectivity index (χ0n) is 14.3. The summed E-state index contributed by atoms with van der Waals surface area (Å²) < 4.78 is 26.6. The van der Waals surface area contributed by atoms with E-state index >= 15 is 0 Å². The molecule has 6 nitrogen and oxygen atoms in total. The lowest BCUT2D eigenvalue weighted by Gasteiger charge is -2.20. The summed E-state index contributed by atoms with van der Waals surface area (Å²) in [5.41, 5.74) is 0.424. The second kappa shape index (κ2) is 8.88. The van der Waals surface area contributed by atoms with Crippen molar-refractivity contribution in [1.82, 2.24) is 9.62 Å². The van der Waals surface area contributed by atoms with Crippen LogP contribution in [0.1, 0.15) is 22.2 Å². The highest BCUT2D eigenvalue weighted by Crippen LogP contribution is 2.17. The van der Waals surface area contributed by atoms with Crippen LogP contribution in [-0.2, 0) is 21.4 Å². The van der Waals surface area contributed by atoms with Crippen molar-refractivity contribution in [1.29, 1.82) is 0 Å². The summed E-state index contributed by atoms with van der Waals surface area (Å²) in [6, 6.07) is 9.42. The van der Waals surface area contributed by atoms with E-state index in [1.165, 1.54) is 48.6 Å². The highest BCUT2D eigenvalue weighted by molar-refractivity contribution is 7.89. The molecule has 0 atom stereocenters. The number of sulfonamides is 1. The Labute approximate surface area is 157 Å². The Morgan fingerprint density at radius 2 is 1.92 bits per heavy atom. The average Bonchev–Trinajstić information content (AvgIpc) is 3.13. The lowest BCUT2D eigenvalue weighted by molar-refractivity contribution is -0.121. The highest BCUT2D eigenvalue weighted by Gasteiger charge is 2.25. The monoisotopic (exact) mass is 392 g/mol. The molecule has 0 saturated carbocycles. The Bertz CT molecular complexity index is 872. The van der Waals surface area contributed by atoms with Crippen LogP contribution in [0.15, 0.2) is 59.3 Å². The number of carbonyl (C=O) groups is 2. The third-order valence-electron chi connectivity index (χ3n) is 3.59. The maximum atomic E-state index is 12.8. The molecule has 1 amide bonds. The van der Waals surface area contributed by atoms with Crippen molar-refractivity contribution >= 4 is 33.1 Å². The molecule has 0 unspecified atom stereocenters. The third kappa shape index (κ3) is 5.10. The van der Waals surface area contributed by atoms with Crippen molar-refractivity contribution in [2.75, 3.05) is 13.1 Å². The predicted molar refractivity (Wildman–Crippen MR) is 102 cm³/mol. The summed E-state index contributed by atoms with van der Waals surface area (Å²) in [6.45, 7) is 5.01. The Morgan fingerprint density at radius 3 is 2.46 bits per heavy atom. The van der Waals surface area contributed by atoms with Crippen LogP contribution in [0.4, 0.5) is 0 Å². The van der Waals surface area contributed by atoms with Gasteiger partial charge in [0.1, 0.15) is 0 Å². The summed E-state index contributed by atoms with van der Waals surface area (Å²) in [6.07, 6.45) is 1.42. The summed E-state index contributed by atoms with van der Waals surface area (Å²) in [5.74, 6) is -0.547. The Balaban J connectivity index is 2.11. The van der Waals surface area contributed by atoms with Gasteiger partial charge < -0.3 is 5.32 Å². The smallest absolute Gasteiger partial charge is 0.243 e. The molecule has 0 saturated heterocycles. The number of hydrogen-bond donors (Lipinski definition) is 1. The van der Waals surface area contributed by atoms with Gasteiger partial charge in [-0.3, -0.25) is 9.59 Å². The van der Waals surface area contributed by atoms with Crippen molar-refractivity contribution in [2.45, 2.75) is 18.4 Å². The number of carbonyl (C=O) groups excluding carboxylic acids is 2. The van der Waals surface area contributed by atoms with E-state index in [1.54, 1.807) is 0 Å². The van der Waals surface area contributed by atoms with Crippen LogP contribution in [0.3, 0.4) is 0 Å².